The Morgan fingerprint density at radius 1 is 1.03 bits per heavy atom. The Morgan fingerprint density at radius 3 is 2.56 bits per heavy atom. The van der Waals surface area contributed by atoms with Crippen LogP contribution in [0, 0.1) is 6.92 Å². The van der Waals surface area contributed by atoms with Crippen LogP contribution in [0.25, 0.3) is 16.5 Å². The highest BCUT2D eigenvalue weighted by atomic mass is 32.2. The van der Waals surface area contributed by atoms with Gasteiger partial charge >= 0.3 is 0 Å². The summed E-state index contributed by atoms with van der Waals surface area (Å²) in [6, 6.07) is 23.8. The maximum absolute atomic E-state index is 13.7. The van der Waals surface area contributed by atoms with E-state index in [9.17, 15) is 13.2 Å². The zero-order chi connectivity index (χ0) is 25.1. The van der Waals surface area contributed by atoms with Crippen molar-refractivity contribution in [3.8, 4) is 0 Å². The Kier molecular flexibility index (Phi) is 6.76. The number of sulfonamides is 1. The van der Waals surface area contributed by atoms with Gasteiger partial charge in [0.15, 0.2) is 0 Å². The van der Waals surface area contributed by atoms with E-state index < -0.39 is 16.1 Å². The van der Waals surface area contributed by atoms with Crippen molar-refractivity contribution < 1.29 is 13.2 Å². The molecule has 0 bridgehead atoms. The van der Waals surface area contributed by atoms with Crippen molar-refractivity contribution in [1.82, 2.24) is 14.6 Å². The maximum Gasteiger partial charge on any atom is 0.241 e. The van der Waals surface area contributed by atoms with Crippen molar-refractivity contribution in [2.75, 3.05) is 13.1 Å². The van der Waals surface area contributed by atoms with Gasteiger partial charge in [0, 0.05) is 30.2 Å². The minimum atomic E-state index is -3.90. The number of nitrogens with one attached hydrogen (secondary N) is 2. The molecule has 0 saturated carbocycles. The van der Waals surface area contributed by atoms with Crippen LogP contribution in [0.3, 0.4) is 0 Å². The lowest BCUT2D eigenvalue weighted by atomic mass is 9.98. The van der Waals surface area contributed by atoms with Gasteiger partial charge in [-0.25, -0.2) is 8.42 Å². The van der Waals surface area contributed by atoms with Crippen LogP contribution < -0.4 is 4.72 Å². The number of rotatable bonds is 7. The summed E-state index contributed by atoms with van der Waals surface area (Å²) in [4.78, 5) is 18.9. The van der Waals surface area contributed by atoms with Crippen LogP contribution in [0.5, 0.6) is 0 Å². The molecular weight excluding hydrogens is 470 g/mol. The van der Waals surface area contributed by atoms with E-state index >= 15 is 0 Å². The molecule has 184 valence electrons. The Labute approximate surface area is 211 Å². The summed E-state index contributed by atoms with van der Waals surface area (Å²) < 4.78 is 29.3. The van der Waals surface area contributed by atoms with Crippen molar-refractivity contribution in [3.05, 3.63) is 108 Å². The molecule has 36 heavy (non-hydrogen) atoms. The molecule has 0 spiro atoms. The summed E-state index contributed by atoms with van der Waals surface area (Å²) in [6.45, 7) is 2.83. The van der Waals surface area contributed by atoms with E-state index in [4.69, 9.17) is 0 Å². The molecule has 1 aliphatic heterocycles. The van der Waals surface area contributed by atoms with Gasteiger partial charge in [-0.15, -0.1) is 0 Å². The predicted molar refractivity (Wildman–Crippen MR) is 143 cm³/mol. The van der Waals surface area contributed by atoms with Crippen molar-refractivity contribution in [3.63, 3.8) is 0 Å². The second-order valence-electron chi connectivity index (χ2n) is 9.18. The zero-order valence-corrected chi connectivity index (χ0v) is 21.0. The van der Waals surface area contributed by atoms with Crippen LogP contribution in [-0.4, -0.2) is 43.3 Å². The number of benzene rings is 3. The molecule has 0 fully saturated rings. The van der Waals surface area contributed by atoms with Gasteiger partial charge in [0.05, 0.1) is 4.90 Å². The second-order valence-corrected chi connectivity index (χ2v) is 10.9. The fourth-order valence-electron chi connectivity index (χ4n) is 4.74. The minimum Gasteiger partial charge on any atom is -0.361 e. The topological polar surface area (TPSA) is 82.3 Å². The zero-order valence-electron chi connectivity index (χ0n) is 20.1. The third kappa shape index (κ3) is 5.12. The number of aromatic amines is 1. The number of amides is 1. The molecule has 3 aromatic carbocycles. The van der Waals surface area contributed by atoms with E-state index in [1.807, 2.05) is 61.7 Å². The molecule has 4 aromatic rings. The minimum absolute atomic E-state index is 0.157. The Morgan fingerprint density at radius 2 is 1.81 bits per heavy atom. The highest BCUT2D eigenvalue weighted by Crippen LogP contribution is 2.24. The summed E-state index contributed by atoms with van der Waals surface area (Å²) in [5.74, 6) is -0.222. The van der Waals surface area contributed by atoms with Crippen LogP contribution in [0.2, 0.25) is 0 Å². The highest BCUT2D eigenvalue weighted by molar-refractivity contribution is 7.89. The van der Waals surface area contributed by atoms with Crippen molar-refractivity contribution >= 4 is 32.4 Å². The summed E-state index contributed by atoms with van der Waals surface area (Å²) in [6.07, 6.45) is 4.89. The first-order valence-corrected chi connectivity index (χ1v) is 13.6. The molecule has 2 N–H and O–H groups in total. The molecule has 0 saturated heterocycles. The van der Waals surface area contributed by atoms with Crippen LogP contribution in [0.4, 0.5) is 0 Å². The molecule has 7 heteroatoms. The maximum atomic E-state index is 13.7. The Hall–Kier alpha value is -3.68. The number of H-pyrrole nitrogens is 1. The smallest absolute Gasteiger partial charge is 0.241 e. The Bertz CT molecular complexity index is 1520. The van der Waals surface area contributed by atoms with Crippen molar-refractivity contribution in [1.29, 1.82) is 0 Å². The van der Waals surface area contributed by atoms with E-state index in [1.54, 1.807) is 23.1 Å². The van der Waals surface area contributed by atoms with Gasteiger partial charge in [0.2, 0.25) is 15.9 Å². The molecule has 1 atom stereocenters. The molecule has 0 radical (unpaired) electrons. The standard InChI is InChI=1S/C29H29N3O3S/c1-21-8-7-11-25(18-21)36(34,35)31-28(19-24-20-30-27-13-6-5-12-26(24)27)29(33)32-16-14-23(15-17-32)22-9-3-2-4-10-22/h2-14,18,20,28,30-31H,15-17,19H2,1H3/t28-/m0/s1. The van der Waals surface area contributed by atoms with Gasteiger partial charge in [-0.05, 0) is 60.2 Å². The van der Waals surface area contributed by atoms with E-state index in [1.165, 1.54) is 5.57 Å². The van der Waals surface area contributed by atoms with Crippen molar-refractivity contribution in [2.24, 2.45) is 0 Å². The molecule has 0 aliphatic carbocycles. The lowest BCUT2D eigenvalue weighted by molar-refractivity contribution is -0.132. The van der Waals surface area contributed by atoms with E-state index in [2.05, 4.69) is 27.9 Å². The van der Waals surface area contributed by atoms with Crippen LogP contribution in [0.1, 0.15) is 23.1 Å². The normalized spacial score (nSPS) is 15.0. The lowest BCUT2D eigenvalue weighted by Crippen LogP contribution is -2.50. The van der Waals surface area contributed by atoms with Gasteiger partial charge in [0.1, 0.15) is 6.04 Å². The molecule has 5 rings (SSSR count). The third-order valence-corrected chi connectivity index (χ3v) is 8.13. The number of nitrogens with zero attached hydrogens (tertiary/aromatic N) is 1. The predicted octanol–water partition coefficient (Wildman–Crippen LogP) is 4.68. The van der Waals surface area contributed by atoms with Crippen LogP contribution in [0.15, 0.2) is 96.0 Å². The number of aryl methyl sites for hydroxylation is 1. The number of aromatic nitrogens is 1. The largest absolute Gasteiger partial charge is 0.361 e. The Balaban J connectivity index is 1.42. The first kappa shape index (κ1) is 24.0. The fourth-order valence-corrected chi connectivity index (χ4v) is 6.04. The summed E-state index contributed by atoms with van der Waals surface area (Å²) in [5.41, 5.74) is 5.04. The molecule has 1 aliphatic rings. The number of hydrogen-bond donors (Lipinski definition) is 2. The van der Waals surface area contributed by atoms with Gasteiger partial charge < -0.3 is 9.88 Å². The van der Waals surface area contributed by atoms with Gasteiger partial charge in [-0.2, -0.15) is 4.72 Å². The van der Waals surface area contributed by atoms with E-state index in [0.29, 0.717) is 13.1 Å². The molecule has 0 unspecified atom stereocenters. The number of para-hydroxylation sites is 1. The third-order valence-electron chi connectivity index (χ3n) is 6.66. The number of hydrogen-bond acceptors (Lipinski definition) is 3. The van der Waals surface area contributed by atoms with Crippen LogP contribution in [-0.2, 0) is 21.2 Å². The lowest BCUT2D eigenvalue weighted by Gasteiger charge is -2.30. The number of carbonyl (C=O) groups excluding carboxylic acids is 1. The van der Waals surface area contributed by atoms with Gasteiger partial charge in [0.25, 0.3) is 0 Å². The molecule has 1 amide bonds. The molecular formula is C29H29N3O3S. The number of fused-ring (bicyclic) bond motifs is 1. The first-order chi connectivity index (χ1) is 17.4. The summed E-state index contributed by atoms with van der Waals surface area (Å²) in [5, 5.41) is 0.981. The summed E-state index contributed by atoms with van der Waals surface area (Å²) >= 11 is 0. The van der Waals surface area contributed by atoms with E-state index in [0.717, 1.165) is 34.0 Å². The quantitative estimate of drug-likeness (QED) is 0.387. The first-order valence-electron chi connectivity index (χ1n) is 12.1. The molecule has 1 aromatic heterocycles. The molecule has 2 heterocycles. The highest BCUT2D eigenvalue weighted by Gasteiger charge is 2.31. The summed E-state index contributed by atoms with van der Waals surface area (Å²) in [7, 11) is -3.90. The van der Waals surface area contributed by atoms with E-state index in [-0.39, 0.29) is 17.2 Å². The fraction of sp³-hybridized carbons (Fsp3) is 0.207. The number of carbonyl (C=O) groups is 1. The van der Waals surface area contributed by atoms with Crippen LogP contribution >= 0.6 is 0 Å². The van der Waals surface area contributed by atoms with Crippen molar-refractivity contribution in [2.45, 2.75) is 30.7 Å². The van der Waals surface area contributed by atoms with Gasteiger partial charge in [-0.1, -0.05) is 66.7 Å². The average molecular weight is 500 g/mol. The second kappa shape index (κ2) is 10.1. The monoisotopic (exact) mass is 499 g/mol. The molecule has 6 nitrogen and oxygen atoms in total. The average Bonchev–Trinajstić information content (AvgIpc) is 3.31. The van der Waals surface area contributed by atoms with Gasteiger partial charge in [-0.3, -0.25) is 4.79 Å². The SMILES string of the molecule is Cc1cccc(S(=O)(=O)N[C@@H](Cc2c[nH]c3ccccc23)C(=O)N2CC=C(c3ccccc3)CC2)c1.